The Balaban J connectivity index is 1.76. The maximum atomic E-state index is 12.2. The molecule has 1 amide bonds. The minimum Gasteiger partial charge on any atom is -0.438 e. The molecule has 0 spiro atoms. The Labute approximate surface area is 137 Å². The van der Waals surface area contributed by atoms with E-state index in [9.17, 15) is 13.2 Å². The summed E-state index contributed by atoms with van der Waals surface area (Å²) in [4.78, 5) is 19.9. The zero-order valence-electron chi connectivity index (χ0n) is 12.2. The minimum atomic E-state index is -3.97. The van der Waals surface area contributed by atoms with Crippen LogP contribution in [0, 0.1) is 0 Å². The highest BCUT2D eigenvalue weighted by molar-refractivity contribution is 7.92. The van der Waals surface area contributed by atoms with Gasteiger partial charge in [0, 0.05) is 12.4 Å². The lowest BCUT2D eigenvalue weighted by molar-refractivity contribution is 0.0991. The van der Waals surface area contributed by atoms with Gasteiger partial charge in [0.1, 0.15) is 11.6 Å². The summed E-state index contributed by atoms with van der Waals surface area (Å²) in [5, 5.41) is 2.11. The quantitative estimate of drug-likeness (QED) is 0.733. The maximum Gasteiger partial charge on any atom is 0.296 e. The van der Waals surface area contributed by atoms with Gasteiger partial charge >= 0.3 is 0 Å². The van der Waals surface area contributed by atoms with E-state index >= 15 is 0 Å². The molecule has 9 heteroatoms. The molecule has 0 atom stereocenters. The third kappa shape index (κ3) is 3.58. The van der Waals surface area contributed by atoms with Crippen molar-refractivity contribution >= 4 is 27.6 Å². The fraction of sp³-hybridized carbons (Fsp3) is 0. The second kappa shape index (κ2) is 6.50. The Morgan fingerprint density at radius 3 is 2.21 bits per heavy atom. The van der Waals surface area contributed by atoms with Crippen LogP contribution in [0.1, 0.15) is 10.6 Å². The summed E-state index contributed by atoms with van der Waals surface area (Å²) in [6.07, 6.45) is 2.97. The van der Waals surface area contributed by atoms with Gasteiger partial charge in [0.05, 0.1) is 0 Å². The van der Waals surface area contributed by atoms with E-state index in [4.69, 9.17) is 4.42 Å². The smallest absolute Gasteiger partial charge is 0.296 e. The predicted molar refractivity (Wildman–Crippen MR) is 85.9 cm³/mol. The number of aromatic nitrogens is 2. The van der Waals surface area contributed by atoms with E-state index in [0.29, 0.717) is 5.82 Å². The molecule has 0 saturated heterocycles. The molecule has 3 rings (SSSR count). The molecule has 0 aliphatic rings. The van der Waals surface area contributed by atoms with E-state index in [1.807, 2.05) is 0 Å². The van der Waals surface area contributed by atoms with Crippen LogP contribution in [-0.4, -0.2) is 24.3 Å². The molecule has 0 radical (unpaired) electrons. The molecule has 0 saturated carbocycles. The molecule has 2 N–H and O–H groups in total. The first-order valence-electron chi connectivity index (χ1n) is 6.81. The van der Waals surface area contributed by atoms with Crippen LogP contribution in [0.25, 0.3) is 0 Å². The topological polar surface area (TPSA) is 114 Å². The fourth-order valence-electron chi connectivity index (χ4n) is 1.81. The molecule has 0 fully saturated rings. The number of anilines is 2. The van der Waals surface area contributed by atoms with Crippen molar-refractivity contribution in [1.29, 1.82) is 0 Å². The van der Waals surface area contributed by atoms with Crippen LogP contribution in [0.5, 0.6) is 0 Å². The number of nitrogens with zero attached hydrogens (tertiary/aromatic N) is 2. The minimum absolute atomic E-state index is 0.147. The lowest BCUT2D eigenvalue weighted by atomic mass is 10.4. The van der Waals surface area contributed by atoms with Crippen molar-refractivity contribution in [1.82, 2.24) is 9.97 Å². The predicted octanol–water partition coefficient (Wildman–Crippen LogP) is 2.12. The molecule has 0 unspecified atom stereocenters. The summed E-state index contributed by atoms with van der Waals surface area (Å²) in [6.45, 7) is 0. The van der Waals surface area contributed by atoms with Gasteiger partial charge in [-0.05, 0) is 36.4 Å². The summed E-state index contributed by atoms with van der Waals surface area (Å²) < 4.78 is 31.8. The monoisotopic (exact) mass is 344 g/mol. The van der Waals surface area contributed by atoms with E-state index < -0.39 is 15.9 Å². The molecule has 24 heavy (non-hydrogen) atoms. The third-order valence-electron chi connectivity index (χ3n) is 2.88. The normalized spacial score (nSPS) is 11.0. The van der Waals surface area contributed by atoms with Gasteiger partial charge in [0.15, 0.2) is 5.76 Å². The number of carbonyl (C=O) groups is 1. The maximum absolute atomic E-state index is 12.2. The highest BCUT2D eigenvalue weighted by Crippen LogP contribution is 2.18. The summed E-state index contributed by atoms with van der Waals surface area (Å²) in [5.41, 5.74) is 0. The summed E-state index contributed by atoms with van der Waals surface area (Å²) in [5.74, 6) is -0.279. The lowest BCUT2D eigenvalue weighted by Crippen LogP contribution is -2.14. The molecule has 122 valence electrons. The van der Waals surface area contributed by atoms with Crippen molar-refractivity contribution in [3.63, 3.8) is 0 Å². The number of sulfonamides is 1. The molecule has 0 aromatic carbocycles. The van der Waals surface area contributed by atoms with Crippen molar-refractivity contribution in [3.8, 4) is 0 Å². The van der Waals surface area contributed by atoms with Crippen molar-refractivity contribution in [2.45, 2.75) is 5.09 Å². The van der Waals surface area contributed by atoms with Gasteiger partial charge in [-0.15, -0.1) is 0 Å². The Bertz CT molecular complexity index is 940. The average Bonchev–Trinajstić information content (AvgIpc) is 3.07. The number of rotatable bonds is 5. The Kier molecular flexibility index (Phi) is 4.25. The van der Waals surface area contributed by atoms with Crippen molar-refractivity contribution in [3.05, 3.63) is 66.7 Å². The lowest BCUT2D eigenvalue weighted by Gasteiger charge is -2.04. The molecule has 3 aromatic heterocycles. The van der Waals surface area contributed by atoms with Crippen LogP contribution in [0.15, 0.2) is 70.4 Å². The van der Waals surface area contributed by atoms with Crippen molar-refractivity contribution in [2.75, 3.05) is 10.0 Å². The highest BCUT2D eigenvalue weighted by atomic mass is 32.2. The second-order valence-corrected chi connectivity index (χ2v) is 6.22. The zero-order chi connectivity index (χ0) is 17.0. The molecule has 8 nitrogen and oxygen atoms in total. The van der Waals surface area contributed by atoms with Crippen LogP contribution in [0.3, 0.4) is 0 Å². The van der Waals surface area contributed by atoms with Gasteiger partial charge in [-0.1, -0.05) is 12.1 Å². The summed E-state index contributed by atoms with van der Waals surface area (Å²) in [6, 6.07) is 12.3. The largest absolute Gasteiger partial charge is 0.438 e. The van der Waals surface area contributed by atoms with Crippen LogP contribution < -0.4 is 10.0 Å². The van der Waals surface area contributed by atoms with Crippen LogP contribution in [-0.2, 0) is 10.0 Å². The van der Waals surface area contributed by atoms with Crippen molar-refractivity contribution < 1.29 is 17.6 Å². The molecular weight excluding hydrogens is 332 g/mol. The van der Waals surface area contributed by atoms with Gasteiger partial charge in [-0.25, -0.2) is 9.97 Å². The SMILES string of the molecule is O=C(Nc1ccccn1)c1ccc(S(=O)(=O)Nc2ccccn2)o1. The highest BCUT2D eigenvalue weighted by Gasteiger charge is 2.22. The first-order valence-corrected chi connectivity index (χ1v) is 8.29. The zero-order valence-corrected chi connectivity index (χ0v) is 13.0. The van der Waals surface area contributed by atoms with Gasteiger partial charge < -0.3 is 9.73 Å². The Morgan fingerprint density at radius 1 is 0.917 bits per heavy atom. The standard InChI is InChI=1S/C15H12N4O4S/c20-15(18-12-5-1-3-9-16-12)11-7-8-14(23-11)24(21,22)19-13-6-2-4-10-17-13/h1-10H,(H,17,19)(H,16,18,20). The summed E-state index contributed by atoms with van der Waals surface area (Å²) in [7, 11) is -3.97. The number of amides is 1. The number of hydrogen-bond acceptors (Lipinski definition) is 6. The molecule has 0 aliphatic heterocycles. The van der Waals surface area contributed by atoms with E-state index in [1.165, 1.54) is 30.6 Å². The van der Waals surface area contributed by atoms with Crippen LogP contribution >= 0.6 is 0 Å². The van der Waals surface area contributed by atoms with Crippen LogP contribution in [0.2, 0.25) is 0 Å². The van der Waals surface area contributed by atoms with E-state index in [2.05, 4.69) is 20.0 Å². The molecule has 3 heterocycles. The number of nitrogens with one attached hydrogen (secondary N) is 2. The number of furan rings is 1. The van der Waals surface area contributed by atoms with Gasteiger partial charge in [0.2, 0.25) is 5.09 Å². The molecule has 0 aliphatic carbocycles. The first kappa shape index (κ1) is 15.7. The van der Waals surface area contributed by atoms with Gasteiger partial charge in [-0.2, -0.15) is 8.42 Å². The summed E-state index contributed by atoms with van der Waals surface area (Å²) >= 11 is 0. The van der Waals surface area contributed by atoms with Crippen LogP contribution in [0.4, 0.5) is 11.6 Å². The fourth-order valence-corrected chi connectivity index (χ4v) is 2.76. The first-order chi connectivity index (χ1) is 11.5. The number of hydrogen-bond donors (Lipinski definition) is 2. The number of pyridine rings is 2. The molecule has 3 aromatic rings. The Hall–Kier alpha value is -3.20. The number of carbonyl (C=O) groups excluding carboxylic acids is 1. The van der Waals surface area contributed by atoms with Gasteiger partial charge in [0.25, 0.3) is 15.9 Å². The van der Waals surface area contributed by atoms with E-state index in [0.717, 1.165) is 0 Å². The second-order valence-electron chi connectivity index (χ2n) is 4.61. The Morgan fingerprint density at radius 2 is 1.58 bits per heavy atom. The molecular formula is C15H12N4O4S. The van der Waals surface area contributed by atoms with E-state index in [-0.39, 0.29) is 16.7 Å². The molecule has 0 bridgehead atoms. The van der Waals surface area contributed by atoms with E-state index in [1.54, 1.807) is 30.3 Å². The van der Waals surface area contributed by atoms with Gasteiger partial charge in [-0.3, -0.25) is 9.52 Å². The van der Waals surface area contributed by atoms with Crippen molar-refractivity contribution in [2.24, 2.45) is 0 Å². The average molecular weight is 344 g/mol. The third-order valence-corrected chi connectivity index (χ3v) is 4.11.